The average molecular weight is 412 g/mol. The zero-order chi connectivity index (χ0) is 13.9. The van der Waals surface area contributed by atoms with Crippen LogP contribution in [0.3, 0.4) is 0 Å². The van der Waals surface area contributed by atoms with Gasteiger partial charge in [-0.3, -0.25) is 0 Å². The first kappa shape index (κ1) is 15.0. The molecule has 0 radical (unpaired) electrons. The van der Waals surface area contributed by atoms with Gasteiger partial charge in [-0.05, 0) is 18.2 Å². The van der Waals surface area contributed by atoms with E-state index in [0.717, 1.165) is 0 Å². The van der Waals surface area contributed by atoms with Gasteiger partial charge in [-0.15, -0.1) is 4.40 Å². The molecule has 5 nitrogen and oxygen atoms in total. The fourth-order valence-corrected chi connectivity index (χ4v) is 4.09. The Hall–Kier alpha value is -0.440. The summed E-state index contributed by atoms with van der Waals surface area (Å²) < 4.78 is 34.4. The van der Waals surface area contributed by atoms with Gasteiger partial charge in [0, 0.05) is 22.0 Å². The molecule has 1 aliphatic heterocycles. The second-order valence-corrected chi connectivity index (χ2v) is 7.41. The van der Waals surface area contributed by atoms with E-state index in [2.05, 4.69) is 36.3 Å². The third-order valence-corrected chi connectivity index (χ3v) is 4.65. The van der Waals surface area contributed by atoms with Gasteiger partial charge in [-0.2, -0.15) is 8.42 Å². The van der Waals surface area contributed by atoms with E-state index < -0.39 is 10.0 Å². The van der Waals surface area contributed by atoms with Crippen LogP contribution in [0.15, 0.2) is 36.4 Å². The smallest absolute Gasteiger partial charge is 0.283 e. The molecule has 0 saturated carbocycles. The van der Waals surface area contributed by atoms with Crippen molar-refractivity contribution >= 4 is 48.2 Å². The Labute approximate surface area is 129 Å². The van der Waals surface area contributed by atoms with Crippen molar-refractivity contribution in [3.05, 3.63) is 27.1 Å². The molecule has 1 aromatic carbocycles. The van der Waals surface area contributed by atoms with Crippen LogP contribution in [0.4, 0.5) is 0 Å². The van der Waals surface area contributed by atoms with Crippen LogP contribution in [0.25, 0.3) is 0 Å². The Kier molecular flexibility index (Phi) is 4.99. The number of ether oxygens (including phenoxy) is 1. The fourth-order valence-electron chi connectivity index (χ4n) is 1.56. The number of benzene rings is 1. The molecular formula is C11H12Br2N2O3S. The molecule has 104 valence electrons. The van der Waals surface area contributed by atoms with Gasteiger partial charge in [0.2, 0.25) is 0 Å². The highest BCUT2D eigenvalue weighted by atomic mass is 79.9. The van der Waals surface area contributed by atoms with Crippen LogP contribution in [0.2, 0.25) is 0 Å². The van der Waals surface area contributed by atoms with Crippen molar-refractivity contribution in [3.8, 4) is 0 Å². The number of halogens is 2. The van der Waals surface area contributed by atoms with Gasteiger partial charge in [-0.1, -0.05) is 31.9 Å². The predicted molar refractivity (Wildman–Crippen MR) is 79.9 cm³/mol. The molecule has 1 fully saturated rings. The molecule has 1 aliphatic rings. The maximum atomic E-state index is 12.1. The van der Waals surface area contributed by atoms with E-state index in [1.54, 1.807) is 6.07 Å². The van der Waals surface area contributed by atoms with Crippen molar-refractivity contribution < 1.29 is 13.2 Å². The topological polar surface area (TPSA) is 59.0 Å². The monoisotopic (exact) mass is 410 g/mol. The molecule has 19 heavy (non-hydrogen) atoms. The molecule has 0 N–H and O–H groups in total. The summed E-state index contributed by atoms with van der Waals surface area (Å²) >= 11 is 6.52. The van der Waals surface area contributed by atoms with Gasteiger partial charge in [-0.25, -0.2) is 0 Å². The molecule has 0 unspecified atom stereocenters. The van der Waals surface area contributed by atoms with Crippen LogP contribution in [0.5, 0.6) is 0 Å². The van der Waals surface area contributed by atoms with Crippen LogP contribution in [0.1, 0.15) is 0 Å². The summed E-state index contributed by atoms with van der Waals surface area (Å²) in [5, 5.41) is 0. The van der Waals surface area contributed by atoms with E-state index in [4.69, 9.17) is 4.74 Å². The molecule has 0 atom stereocenters. The minimum absolute atomic E-state index is 0.151. The minimum Gasteiger partial charge on any atom is -0.378 e. The van der Waals surface area contributed by atoms with E-state index in [1.807, 2.05) is 4.90 Å². The van der Waals surface area contributed by atoms with Crippen molar-refractivity contribution in [2.24, 2.45) is 4.40 Å². The molecule has 8 heteroatoms. The zero-order valence-electron chi connectivity index (χ0n) is 9.92. The summed E-state index contributed by atoms with van der Waals surface area (Å²) in [7, 11) is -3.68. The Balaban J connectivity index is 2.19. The first-order valence-electron chi connectivity index (χ1n) is 5.56. The maximum absolute atomic E-state index is 12.1. The normalized spacial score (nSPS) is 17.1. The van der Waals surface area contributed by atoms with Crippen LogP contribution in [0, 0.1) is 0 Å². The first-order valence-corrected chi connectivity index (χ1v) is 8.58. The summed E-state index contributed by atoms with van der Waals surface area (Å²) in [6, 6.07) is 4.82. The number of nitrogens with zero attached hydrogens (tertiary/aromatic N) is 2. The highest BCUT2D eigenvalue weighted by molar-refractivity contribution is 9.11. The summed E-state index contributed by atoms with van der Waals surface area (Å²) in [6.07, 6.45) is 1.37. The van der Waals surface area contributed by atoms with Crippen molar-refractivity contribution in [3.63, 3.8) is 0 Å². The van der Waals surface area contributed by atoms with Crippen molar-refractivity contribution in [2.45, 2.75) is 4.90 Å². The molecule has 0 bridgehead atoms. The Morgan fingerprint density at radius 2 is 1.74 bits per heavy atom. The Morgan fingerprint density at radius 3 is 2.32 bits per heavy atom. The zero-order valence-corrected chi connectivity index (χ0v) is 13.9. The highest BCUT2D eigenvalue weighted by Crippen LogP contribution is 2.24. The molecule has 0 amide bonds. The first-order chi connectivity index (χ1) is 8.97. The molecule has 0 aliphatic carbocycles. The van der Waals surface area contributed by atoms with Crippen LogP contribution >= 0.6 is 31.9 Å². The second-order valence-electron chi connectivity index (χ2n) is 3.95. The molecule has 1 heterocycles. The van der Waals surface area contributed by atoms with Gasteiger partial charge in [0.15, 0.2) is 0 Å². The SMILES string of the molecule is O=S(=O)(/N=C/N1CCOCC1)c1cc(Br)cc(Br)c1. The number of hydrogen-bond donors (Lipinski definition) is 0. The largest absolute Gasteiger partial charge is 0.378 e. The average Bonchev–Trinajstić information content (AvgIpc) is 2.37. The van der Waals surface area contributed by atoms with E-state index in [0.29, 0.717) is 35.2 Å². The predicted octanol–water partition coefficient (Wildman–Crippen LogP) is 2.26. The fraction of sp³-hybridized carbons (Fsp3) is 0.364. The highest BCUT2D eigenvalue weighted by Gasteiger charge is 2.15. The lowest BCUT2D eigenvalue weighted by Crippen LogP contribution is -2.35. The lowest BCUT2D eigenvalue weighted by atomic mass is 10.4. The maximum Gasteiger partial charge on any atom is 0.283 e. The molecule has 1 aromatic rings. The lowest BCUT2D eigenvalue weighted by molar-refractivity contribution is 0.0701. The van der Waals surface area contributed by atoms with Crippen molar-refractivity contribution in [1.82, 2.24) is 4.90 Å². The quantitative estimate of drug-likeness (QED) is 0.565. The van der Waals surface area contributed by atoms with E-state index >= 15 is 0 Å². The lowest BCUT2D eigenvalue weighted by Gasteiger charge is -2.23. The minimum atomic E-state index is -3.68. The third-order valence-electron chi connectivity index (χ3n) is 2.53. The molecule has 0 spiro atoms. The number of sulfonamides is 1. The number of hydrogen-bond acceptors (Lipinski definition) is 3. The van der Waals surface area contributed by atoms with Crippen LogP contribution in [-0.4, -0.2) is 46.0 Å². The van der Waals surface area contributed by atoms with Gasteiger partial charge in [0.1, 0.15) is 6.34 Å². The molecule has 0 aromatic heterocycles. The van der Waals surface area contributed by atoms with Crippen molar-refractivity contribution in [2.75, 3.05) is 26.3 Å². The molecule has 2 rings (SSSR count). The summed E-state index contributed by atoms with van der Waals surface area (Å²) in [5.41, 5.74) is 0. The van der Waals surface area contributed by atoms with E-state index in [-0.39, 0.29) is 4.90 Å². The second kappa shape index (κ2) is 6.34. The summed E-state index contributed by atoms with van der Waals surface area (Å²) in [5.74, 6) is 0. The van der Waals surface area contributed by atoms with E-state index in [1.165, 1.54) is 18.5 Å². The van der Waals surface area contributed by atoms with Gasteiger partial charge in [0.25, 0.3) is 10.0 Å². The van der Waals surface area contributed by atoms with Gasteiger partial charge < -0.3 is 9.64 Å². The Morgan fingerprint density at radius 1 is 1.16 bits per heavy atom. The molecular weight excluding hydrogens is 400 g/mol. The van der Waals surface area contributed by atoms with Gasteiger partial charge in [0.05, 0.1) is 18.1 Å². The van der Waals surface area contributed by atoms with Crippen molar-refractivity contribution in [1.29, 1.82) is 0 Å². The Bertz CT molecular complexity index is 563. The summed E-state index contributed by atoms with van der Waals surface area (Å²) in [4.78, 5) is 1.98. The molecule has 1 saturated heterocycles. The summed E-state index contributed by atoms with van der Waals surface area (Å²) in [6.45, 7) is 2.49. The number of rotatable bonds is 3. The van der Waals surface area contributed by atoms with E-state index in [9.17, 15) is 8.42 Å². The van der Waals surface area contributed by atoms with Crippen LogP contribution < -0.4 is 0 Å². The van der Waals surface area contributed by atoms with Crippen LogP contribution in [-0.2, 0) is 14.8 Å². The third kappa shape index (κ3) is 4.27. The van der Waals surface area contributed by atoms with Gasteiger partial charge >= 0.3 is 0 Å². The number of morpholine rings is 1. The standard InChI is InChI=1S/C11H12Br2N2O3S/c12-9-5-10(13)7-11(6-9)19(16,17)14-8-15-1-3-18-4-2-15/h5-8H,1-4H2/b14-8+.